The number of rotatable bonds is 6. The van der Waals surface area contributed by atoms with Gasteiger partial charge in [0.1, 0.15) is 0 Å². The summed E-state index contributed by atoms with van der Waals surface area (Å²) >= 11 is 0. The number of hydrogen-bond acceptors (Lipinski definition) is 4. The second-order valence-electron chi connectivity index (χ2n) is 3.63. The Morgan fingerprint density at radius 1 is 1.50 bits per heavy atom. The minimum atomic E-state index is -0.157. The number of esters is 1. The van der Waals surface area contributed by atoms with Crippen LogP contribution in [0.3, 0.4) is 0 Å². The van der Waals surface area contributed by atoms with Crippen molar-refractivity contribution < 1.29 is 9.53 Å². The van der Waals surface area contributed by atoms with E-state index >= 15 is 0 Å². The molecule has 1 rings (SSSR count). The zero-order valence-corrected chi connectivity index (χ0v) is 9.82. The van der Waals surface area contributed by atoms with Gasteiger partial charge in [-0.25, -0.2) is 0 Å². The molecule has 88 valence electrons. The summed E-state index contributed by atoms with van der Waals surface area (Å²) in [4.78, 5) is 15.2. The fraction of sp³-hybridized carbons (Fsp3) is 0.500. The van der Waals surface area contributed by atoms with Gasteiger partial charge in [-0.2, -0.15) is 0 Å². The van der Waals surface area contributed by atoms with Crippen molar-refractivity contribution >= 4 is 5.97 Å². The summed E-state index contributed by atoms with van der Waals surface area (Å²) in [5, 5.41) is 3.24. The van der Waals surface area contributed by atoms with Crippen LogP contribution in [-0.4, -0.2) is 24.6 Å². The average molecular weight is 222 g/mol. The molecule has 1 aromatic heterocycles. The molecule has 0 aromatic carbocycles. The maximum atomic E-state index is 10.8. The van der Waals surface area contributed by atoms with E-state index in [4.69, 9.17) is 0 Å². The number of aryl methyl sites for hydroxylation is 1. The number of carbonyl (C=O) groups excluding carboxylic acids is 1. The Balaban J connectivity index is 2.14. The Morgan fingerprint density at radius 3 is 3.00 bits per heavy atom. The number of pyridine rings is 1. The van der Waals surface area contributed by atoms with Crippen molar-refractivity contribution in [3.63, 3.8) is 0 Å². The van der Waals surface area contributed by atoms with Gasteiger partial charge in [-0.15, -0.1) is 0 Å². The highest BCUT2D eigenvalue weighted by Gasteiger charge is 1.99. The van der Waals surface area contributed by atoms with Gasteiger partial charge in [0, 0.05) is 18.7 Å². The lowest BCUT2D eigenvalue weighted by Crippen LogP contribution is -2.17. The molecule has 0 radical (unpaired) electrons. The molecule has 1 heterocycles. The van der Waals surface area contributed by atoms with Crippen LogP contribution >= 0.6 is 0 Å². The third-order valence-corrected chi connectivity index (χ3v) is 2.21. The van der Waals surface area contributed by atoms with Crippen molar-refractivity contribution in [1.82, 2.24) is 10.3 Å². The average Bonchev–Trinajstić information content (AvgIpc) is 2.28. The first kappa shape index (κ1) is 12.6. The number of nitrogens with one attached hydrogen (secondary N) is 1. The Morgan fingerprint density at radius 2 is 2.31 bits per heavy atom. The molecule has 4 heteroatoms. The molecule has 0 saturated heterocycles. The molecule has 16 heavy (non-hydrogen) atoms. The summed E-state index contributed by atoms with van der Waals surface area (Å²) in [5.74, 6) is -0.157. The van der Waals surface area contributed by atoms with Crippen LogP contribution in [0.4, 0.5) is 0 Å². The molecular weight excluding hydrogens is 204 g/mol. The van der Waals surface area contributed by atoms with Crippen LogP contribution in [-0.2, 0) is 16.1 Å². The molecule has 0 amide bonds. The lowest BCUT2D eigenvalue weighted by atomic mass is 10.3. The van der Waals surface area contributed by atoms with Crippen LogP contribution in [0.5, 0.6) is 0 Å². The zero-order chi connectivity index (χ0) is 11.8. The Bertz CT molecular complexity index is 340. The molecule has 0 spiro atoms. The number of aromatic nitrogens is 1. The first-order valence-corrected chi connectivity index (χ1v) is 5.42. The van der Waals surface area contributed by atoms with E-state index in [1.807, 2.05) is 25.1 Å². The SMILES string of the molecule is COC(=O)CCCNCc1cccc(C)n1. The number of methoxy groups -OCH3 is 1. The second kappa shape index (κ2) is 6.95. The number of hydrogen-bond donors (Lipinski definition) is 1. The largest absolute Gasteiger partial charge is 0.469 e. The van der Waals surface area contributed by atoms with Crippen molar-refractivity contribution in [2.24, 2.45) is 0 Å². The maximum Gasteiger partial charge on any atom is 0.305 e. The van der Waals surface area contributed by atoms with Gasteiger partial charge in [0.05, 0.1) is 12.8 Å². The predicted octanol–water partition coefficient (Wildman–Crippen LogP) is 1.43. The predicted molar refractivity (Wildman–Crippen MR) is 61.9 cm³/mol. The molecular formula is C12H18N2O2. The van der Waals surface area contributed by atoms with E-state index < -0.39 is 0 Å². The van der Waals surface area contributed by atoms with Crippen LogP contribution in [0.2, 0.25) is 0 Å². The Labute approximate surface area is 96.0 Å². The Hall–Kier alpha value is -1.42. The molecule has 0 unspecified atom stereocenters. The highest BCUT2D eigenvalue weighted by atomic mass is 16.5. The summed E-state index contributed by atoms with van der Waals surface area (Å²) in [7, 11) is 1.41. The lowest BCUT2D eigenvalue weighted by Gasteiger charge is -2.04. The highest BCUT2D eigenvalue weighted by molar-refractivity contribution is 5.69. The van der Waals surface area contributed by atoms with E-state index in [-0.39, 0.29) is 5.97 Å². The molecule has 0 aliphatic carbocycles. The van der Waals surface area contributed by atoms with Gasteiger partial charge >= 0.3 is 5.97 Å². The van der Waals surface area contributed by atoms with Crippen LogP contribution in [0.15, 0.2) is 18.2 Å². The van der Waals surface area contributed by atoms with Crippen molar-refractivity contribution in [1.29, 1.82) is 0 Å². The van der Waals surface area contributed by atoms with E-state index in [9.17, 15) is 4.79 Å². The van der Waals surface area contributed by atoms with E-state index in [2.05, 4.69) is 15.0 Å². The minimum Gasteiger partial charge on any atom is -0.469 e. The third kappa shape index (κ3) is 4.89. The molecule has 0 bridgehead atoms. The molecule has 0 aliphatic rings. The summed E-state index contributed by atoms with van der Waals surface area (Å²) in [6.07, 6.45) is 1.25. The van der Waals surface area contributed by atoms with Gasteiger partial charge in [0.2, 0.25) is 0 Å². The van der Waals surface area contributed by atoms with Crippen LogP contribution in [0, 0.1) is 6.92 Å². The summed E-state index contributed by atoms with van der Waals surface area (Å²) < 4.78 is 4.55. The summed E-state index contributed by atoms with van der Waals surface area (Å²) in [6, 6.07) is 5.95. The molecule has 0 saturated carbocycles. The monoisotopic (exact) mass is 222 g/mol. The molecule has 0 atom stereocenters. The normalized spacial score (nSPS) is 10.1. The number of carbonyl (C=O) groups is 1. The van der Waals surface area contributed by atoms with Gasteiger partial charge in [0.25, 0.3) is 0 Å². The van der Waals surface area contributed by atoms with Crippen molar-refractivity contribution in [2.45, 2.75) is 26.3 Å². The first-order chi connectivity index (χ1) is 7.72. The van der Waals surface area contributed by atoms with E-state index in [0.717, 1.165) is 30.9 Å². The maximum absolute atomic E-state index is 10.8. The van der Waals surface area contributed by atoms with Crippen molar-refractivity contribution in [2.75, 3.05) is 13.7 Å². The van der Waals surface area contributed by atoms with Gasteiger partial charge in [-0.1, -0.05) is 6.07 Å². The van der Waals surface area contributed by atoms with E-state index in [1.165, 1.54) is 7.11 Å². The van der Waals surface area contributed by atoms with Crippen LogP contribution < -0.4 is 5.32 Å². The molecule has 1 aromatic rings. The Kier molecular flexibility index (Phi) is 5.50. The van der Waals surface area contributed by atoms with E-state index in [0.29, 0.717) is 6.42 Å². The molecule has 4 nitrogen and oxygen atoms in total. The number of nitrogens with zero attached hydrogens (tertiary/aromatic N) is 1. The van der Waals surface area contributed by atoms with Crippen LogP contribution in [0.1, 0.15) is 24.2 Å². The molecule has 0 aliphatic heterocycles. The zero-order valence-electron chi connectivity index (χ0n) is 9.82. The second-order valence-corrected chi connectivity index (χ2v) is 3.63. The van der Waals surface area contributed by atoms with Gasteiger partial charge in [-0.05, 0) is 32.0 Å². The summed E-state index contributed by atoms with van der Waals surface area (Å²) in [5.41, 5.74) is 2.05. The van der Waals surface area contributed by atoms with Crippen molar-refractivity contribution in [3.8, 4) is 0 Å². The molecule has 1 N–H and O–H groups in total. The first-order valence-electron chi connectivity index (χ1n) is 5.42. The third-order valence-electron chi connectivity index (χ3n) is 2.21. The van der Waals surface area contributed by atoms with Gasteiger partial charge < -0.3 is 10.1 Å². The topological polar surface area (TPSA) is 51.2 Å². The number of ether oxygens (including phenoxy) is 1. The quantitative estimate of drug-likeness (QED) is 0.584. The smallest absolute Gasteiger partial charge is 0.305 e. The lowest BCUT2D eigenvalue weighted by molar-refractivity contribution is -0.140. The van der Waals surface area contributed by atoms with Crippen molar-refractivity contribution in [3.05, 3.63) is 29.6 Å². The fourth-order valence-corrected chi connectivity index (χ4v) is 1.37. The highest BCUT2D eigenvalue weighted by Crippen LogP contribution is 1.97. The summed E-state index contributed by atoms with van der Waals surface area (Å²) in [6.45, 7) is 3.51. The van der Waals surface area contributed by atoms with Gasteiger partial charge in [-0.3, -0.25) is 9.78 Å². The van der Waals surface area contributed by atoms with E-state index in [1.54, 1.807) is 0 Å². The standard InChI is InChI=1S/C12H18N2O2/c1-10-5-3-6-11(14-10)9-13-8-4-7-12(15)16-2/h3,5-6,13H,4,7-9H2,1-2H3. The fourth-order valence-electron chi connectivity index (χ4n) is 1.37. The van der Waals surface area contributed by atoms with Gasteiger partial charge in [0.15, 0.2) is 0 Å². The molecule has 0 fully saturated rings. The van der Waals surface area contributed by atoms with Crippen LogP contribution in [0.25, 0.3) is 0 Å². The minimum absolute atomic E-state index is 0.157.